The van der Waals surface area contributed by atoms with Crippen LogP contribution in [0, 0.1) is 3.57 Å². The maximum Gasteiger partial charge on any atom is 0.254 e. The molecule has 0 bridgehead atoms. The first kappa shape index (κ1) is 13.8. The largest absolute Gasteiger partial charge is 0.374 e. The van der Waals surface area contributed by atoms with Gasteiger partial charge in [-0.25, -0.2) is 0 Å². The van der Waals surface area contributed by atoms with Gasteiger partial charge < -0.3 is 15.0 Å². The first-order valence-corrected chi connectivity index (χ1v) is 7.08. The molecule has 1 atom stereocenters. The number of benzene rings is 1. The number of amides is 1. The summed E-state index contributed by atoms with van der Waals surface area (Å²) < 4.78 is 6.59. The van der Waals surface area contributed by atoms with Crippen molar-refractivity contribution in [3.05, 3.63) is 33.4 Å². The Labute approximate surface area is 121 Å². The van der Waals surface area contributed by atoms with Gasteiger partial charge in [0.2, 0.25) is 0 Å². The number of likely N-dealkylation sites (N-methyl/N-ethyl adjacent to an activating group) is 1. The molecule has 4 nitrogen and oxygen atoms in total. The summed E-state index contributed by atoms with van der Waals surface area (Å²) in [7, 11) is 1.82. The fourth-order valence-electron chi connectivity index (χ4n) is 1.97. The second-order valence-electron chi connectivity index (χ2n) is 4.36. The van der Waals surface area contributed by atoms with Crippen molar-refractivity contribution in [2.45, 2.75) is 6.10 Å². The average Bonchev–Trinajstić information content (AvgIpc) is 2.39. The van der Waals surface area contributed by atoms with Crippen LogP contribution in [0.3, 0.4) is 0 Å². The van der Waals surface area contributed by atoms with Gasteiger partial charge in [-0.05, 0) is 34.7 Å². The lowest BCUT2D eigenvalue weighted by Gasteiger charge is -2.28. The second kappa shape index (κ2) is 6.49. The molecule has 1 unspecified atom stereocenters. The first-order chi connectivity index (χ1) is 8.68. The van der Waals surface area contributed by atoms with Crippen LogP contribution < -0.4 is 5.32 Å². The molecule has 1 aliphatic heterocycles. The summed E-state index contributed by atoms with van der Waals surface area (Å²) in [6.45, 7) is 3.04. The minimum absolute atomic E-state index is 0.0502. The van der Waals surface area contributed by atoms with Crippen LogP contribution in [0.15, 0.2) is 24.3 Å². The zero-order valence-corrected chi connectivity index (χ0v) is 12.5. The van der Waals surface area contributed by atoms with Gasteiger partial charge >= 0.3 is 0 Å². The quantitative estimate of drug-likeness (QED) is 0.828. The van der Waals surface area contributed by atoms with Gasteiger partial charge in [0.25, 0.3) is 5.91 Å². The highest BCUT2D eigenvalue weighted by atomic mass is 127. The Hall–Kier alpha value is -0.660. The predicted molar refractivity (Wildman–Crippen MR) is 78.7 cm³/mol. The molecule has 5 heteroatoms. The lowest BCUT2D eigenvalue weighted by atomic mass is 10.2. The van der Waals surface area contributed by atoms with Crippen molar-refractivity contribution < 1.29 is 9.53 Å². The minimum Gasteiger partial charge on any atom is -0.374 e. The van der Waals surface area contributed by atoms with E-state index in [-0.39, 0.29) is 12.0 Å². The zero-order chi connectivity index (χ0) is 13.0. The van der Waals surface area contributed by atoms with Crippen molar-refractivity contribution >= 4 is 28.5 Å². The molecular formula is C13H17IN2O2. The topological polar surface area (TPSA) is 41.6 Å². The molecule has 0 radical (unpaired) electrons. The summed E-state index contributed by atoms with van der Waals surface area (Å²) in [5, 5.41) is 3.27. The molecule has 1 amide bonds. The molecule has 1 N–H and O–H groups in total. The monoisotopic (exact) mass is 360 g/mol. The summed E-state index contributed by atoms with van der Waals surface area (Å²) >= 11 is 2.19. The number of nitrogens with one attached hydrogen (secondary N) is 1. The Morgan fingerprint density at radius 1 is 1.56 bits per heavy atom. The van der Waals surface area contributed by atoms with Gasteiger partial charge in [0.1, 0.15) is 0 Å². The smallest absolute Gasteiger partial charge is 0.254 e. The van der Waals surface area contributed by atoms with Gasteiger partial charge in [0.05, 0.1) is 18.3 Å². The van der Waals surface area contributed by atoms with Gasteiger partial charge in [-0.15, -0.1) is 0 Å². The van der Waals surface area contributed by atoms with E-state index in [1.165, 1.54) is 0 Å². The molecule has 0 spiro atoms. The van der Waals surface area contributed by atoms with Crippen molar-refractivity contribution in [1.29, 1.82) is 0 Å². The van der Waals surface area contributed by atoms with Crippen LogP contribution in [0.4, 0.5) is 0 Å². The van der Waals surface area contributed by atoms with Crippen LogP contribution in [0.2, 0.25) is 0 Å². The van der Waals surface area contributed by atoms with Gasteiger partial charge in [0, 0.05) is 30.3 Å². The van der Waals surface area contributed by atoms with Gasteiger partial charge in [-0.1, -0.05) is 12.1 Å². The molecule has 1 aromatic carbocycles. The number of hydrogen-bond acceptors (Lipinski definition) is 3. The number of carbonyl (C=O) groups is 1. The Morgan fingerprint density at radius 2 is 2.33 bits per heavy atom. The number of morpholine rings is 1. The van der Waals surface area contributed by atoms with E-state index in [1.54, 1.807) is 4.90 Å². The molecule has 1 heterocycles. The van der Waals surface area contributed by atoms with Crippen molar-refractivity contribution in [1.82, 2.24) is 10.2 Å². The van der Waals surface area contributed by atoms with Crippen LogP contribution in [-0.2, 0) is 4.74 Å². The summed E-state index contributed by atoms with van der Waals surface area (Å²) in [4.78, 5) is 14.0. The molecule has 0 saturated carbocycles. The third-order valence-corrected chi connectivity index (χ3v) is 3.87. The fourth-order valence-corrected chi connectivity index (χ4v) is 2.58. The molecule has 98 valence electrons. The molecule has 1 saturated heterocycles. The summed E-state index contributed by atoms with van der Waals surface area (Å²) in [6, 6.07) is 7.63. The Balaban J connectivity index is 1.98. The molecule has 1 aliphatic rings. The Bertz CT molecular complexity index is 419. The molecule has 2 rings (SSSR count). The molecule has 18 heavy (non-hydrogen) atoms. The number of halogens is 1. The van der Waals surface area contributed by atoms with Gasteiger partial charge in [0.15, 0.2) is 0 Å². The average molecular weight is 360 g/mol. The number of hydrogen-bond donors (Lipinski definition) is 1. The van der Waals surface area contributed by atoms with Gasteiger partial charge in [-0.3, -0.25) is 4.79 Å². The highest BCUT2D eigenvalue weighted by Gasteiger charge is 2.20. The zero-order valence-electron chi connectivity index (χ0n) is 10.4. The van der Waals surface area contributed by atoms with E-state index in [4.69, 9.17) is 4.74 Å². The third-order valence-electron chi connectivity index (χ3n) is 2.93. The highest BCUT2D eigenvalue weighted by Crippen LogP contribution is 2.14. The molecule has 0 aliphatic carbocycles. The summed E-state index contributed by atoms with van der Waals surface area (Å²) in [6.07, 6.45) is 0.0917. The Morgan fingerprint density at radius 3 is 3.00 bits per heavy atom. The van der Waals surface area contributed by atoms with Crippen molar-refractivity contribution in [3.8, 4) is 0 Å². The summed E-state index contributed by atoms with van der Waals surface area (Å²) in [5.41, 5.74) is 0.754. The van der Waals surface area contributed by atoms with Crippen LogP contribution in [0.25, 0.3) is 0 Å². The van der Waals surface area contributed by atoms with E-state index < -0.39 is 0 Å². The van der Waals surface area contributed by atoms with Crippen molar-refractivity contribution in [3.63, 3.8) is 0 Å². The highest BCUT2D eigenvalue weighted by molar-refractivity contribution is 14.1. The lowest BCUT2D eigenvalue weighted by molar-refractivity contribution is 0.0103. The van der Waals surface area contributed by atoms with Gasteiger partial charge in [-0.2, -0.15) is 0 Å². The maximum absolute atomic E-state index is 12.3. The van der Waals surface area contributed by atoms with E-state index in [9.17, 15) is 4.79 Å². The number of carbonyl (C=O) groups excluding carboxylic acids is 1. The molecule has 0 aromatic heterocycles. The molecular weight excluding hydrogens is 343 g/mol. The molecule has 1 fully saturated rings. The normalized spacial score (nSPS) is 19.6. The number of nitrogens with zero attached hydrogens (tertiary/aromatic N) is 1. The van der Waals surface area contributed by atoms with Crippen molar-refractivity contribution in [2.75, 3.05) is 33.3 Å². The van der Waals surface area contributed by atoms with Crippen LogP contribution in [0.1, 0.15) is 10.4 Å². The number of ether oxygens (including phenoxy) is 1. The van der Waals surface area contributed by atoms with Crippen LogP contribution >= 0.6 is 22.6 Å². The second-order valence-corrected chi connectivity index (χ2v) is 5.52. The third kappa shape index (κ3) is 3.43. The SMILES string of the molecule is CN(CC1CNCCO1)C(=O)c1ccccc1I. The van der Waals surface area contributed by atoms with E-state index >= 15 is 0 Å². The van der Waals surface area contributed by atoms with E-state index in [1.807, 2.05) is 31.3 Å². The predicted octanol–water partition coefficient (Wildman–Crippen LogP) is 1.35. The fraction of sp³-hybridized carbons (Fsp3) is 0.462. The van der Waals surface area contributed by atoms with E-state index in [0.29, 0.717) is 6.54 Å². The van der Waals surface area contributed by atoms with Crippen molar-refractivity contribution in [2.24, 2.45) is 0 Å². The first-order valence-electron chi connectivity index (χ1n) is 6.01. The Kier molecular flexibility index (Phi) is 4.96. The lowest BCUT2D eigenvalue weighted by Crippen LogP contribution is -2.45. The molecule has 1 aromatic rings. The maximum atomic E-state index is 12.3. The van der Waals surface area contributed by atoms with Crippen LogP contribution in [0.5, 0.6) is 0 Å². The summed E-state index contributed by atoms with van der Waals surface area (Å²) in [5.74, 6) is 0.0502. The van der Waals surface area contributed by atoms with Crippen LogP contribution in [-0.4, -0.2) is 50.2 Å². The minimum atomic E-state index is 0.0502. The van der Waals surface area contributed by atoms with E-state index in [0.717, 1.165) is 28.8 Å². The number of rotatable bonds is 3. The standard InChI is InChI=1S/C13H17IN2O2/c1-16(9-10-8-15-6-7-18-10)13(17)11-4-2-3-5-12(11)14/h2-5,10,15H,6-9H2,1H3. The van der Waals surface area contributed by atoms with E-state index in [2.05, 4.69) is 27.9 Å².